The molecular formula is C12H17N5. The fourth-order valence-electron chi connectivity index (χ4n) is 1.89. The zero-order valence-corrected chi connectivity index (χ0v) is 10.2. The lowest BCUT2D eigenvalue weighted by atomic mass is 10.5. The Morgan fingerprint density at radius 3 is 2.94 bits per heavy atom. The molecule has 0 spiro atoms. The zero-order chi connectivity index (χ0) is 11.8. The molecule has 1 aliphatic rings. The maximum absolute atomic E-state index is 4.52. The van der Waals surface area contributed by atoms with Gasteiger partial charge in [-0.25, -0.2) is 9.97 Å². The summed E-state index contributed by atoms with van der Waals surface area (Å²) in [5.74, 6) is 2.01. The number of hydrogen-bond acceptors (Lipinski definition) is 3. The SMILES string of the molecule is Cc1cn(Cc2nccn2C)c(NC2CC2)n1. The van der Waals surface area contributed by atoms with E-state index >= 15 is 0 Å². The van der Waals surface area contributed by atoms with Gasteiger partial charge < -0.3 is 14.5 Å². The van der Waals surface area contributed by atoms with Crippen LogP contribution in [-0.2, 0) is 13.6 Å². The second kappa shape index (κ2) is 3.91. The third-order valence-corrected chi connectivity index (χ3v) is 3.04. The molecule has 0 aromatic carbocycles. The summed E-state index contributed by atoms with van der Waals surface area (Å²) in [6.45, 7) is 2.78. The lowest BCUT2D eigenvalue weighted by molar-refractivity contribution is 0.701. The number of aryl methyl sites for hydroxylation is 2. The van der Waals surface area contributed by atoms with Crippen molar-refractivity contribution >= 4 is 5.95 Å². The van der Waals surface area contributed by atoms with Crippen molar-refractivity contribution in [1.82, 2.24) is 19.1 Å². The van der Waals surface area contributed by atoms with Gasteiger partial charge in [-0.3, -0.25) is 0 Å². The Morgan fingerprint density at radius 2 is 2.29 bits per heavy atom. The van der Waals surface area contributed by atoms with Crippen molar-refractivity contribution in [2.24, 2.45) is 7.05 Å². The minimum atomic E-state index is 0.622. The Hall–Kier alpha value is -1.78. The zero-order valence-electron chi connectivity index (χ0n) is 10.2. The van der Waals surface area contributed by atoms with Gasteiger partial charge in [0.2, 0.25) is 5.95 Å². The molecule has 0 saturated heterocycles. The number of aromatic nitrogens is 4. The fourth-order valence-corrected chi connectivity index (χ4v) is 1.89. The highest BCUT2D eigenvalue weighted by Gasteiger charge is 2.23. The number of nitrogens with one attached hydrogen (secondary N) is 1. The largest absolute Gasteiger partial charge is 0.353 e. The molecule has 17 heavy (non-hydrogen) atoms. The van der Waals surface area contributed by atoms with Gasteiger partial charge in [-0.15, -0.1) is 0 Å². The van der Waals surface area contributed by atoms with Gasteiger partial charge in [0.25, 0.3) is 0 Å². The van der Waals surface area contributed by atoms with Crippen molar-refractivity contribution in [3.05, 3.63) is 30.1 Å². The first-order valence-corrected chi connectivity index (χ1v) is 5.99. The summed E-state index contributed by atoms with van der Waals surface area (Å²) < 4.78 is 4.17. The summed E-state index contributed by atoms with van der Waals surface area (Å²) in [5, 5.41) is 3.45. The molecule has 0 radical (unpaired) electrons. The van der Waals surface area contributed by atoms with Crippen molar-refractivity contribution < 1.29 is 0 Å². The highest BCUT2D eigenvalue weighted by atomic mass is 15.2. The van der Waals surface area contributed by atoms with Crippen LogP contribution in [0.5, 0.6) is 0 Å². The van der Waals surface area contributed by atoms with Crippen LogP contribution in [0.25, 0.3) is 0 Å². The molecule has 0 atom stereocenters. The summed E-state index contributed by atoms with van der Waals surface area (Å²) in [6.07, 6.45) is 8.38. The molecule has 2 aromatic heterocycles. The molecule has 0 unspecified atom stereocenters. The molecular weight excluding hydrogens is 214 g/mol. The maximum Gasteiger partial charge on any atom is 0.203 e. The first-order valence-electron chi connectivity index (χ1n) is 5.99. The molecule has 2 heterocycles. The van der Waals surface area contributed by atoms with Crippen LogP contribution in [0.3, 0.4) is 0 Å². The van der Waals surface area contributed by atoms with Crippen LogP contribution in [0.15, 0.2) is 18.6 Å². The maximum atomic E-state index is 4.52. The van der Waals surface area contributed by atoms with Gasteiger partial charge in [0, 0.05) is 31.7 Å². The summed E-state index contributed by atoms with van der Waals surface area (Å²) in [7, 11) is 2.01. The first-order chi connectivity index (χ1) is 8.22. The van der Waals surface area contributed by atoms with Gasteiger partial charge in [-0.2, -0.15) is 0 Å². The Balaban J connectivity index is 1.83. The second-order valence-electron chi connectivity index (χ2n) is 4.71. The minimum Gasteiger partial charge on any atom is -0.353 e. The third kappa shape index (κ3) is 2.18. The van der Waals surface area contributed by atoms with E-state index in [1.54, 1.807) is 0 Å². The Morgan fingerprint density at radius 1 is 1.47 bits per heavy atom. The molecule has 1 saturated carbocycles. The second-order valence-corrected chi connectivity index (χ2v) is 4.71. The van der Waals surface area contributed by atoms with Crippen LogP contribution in [0, 0.1) is 6.92 Å². The first kappa shape index (κ1) is 10.4. The van der Waals surface area contributed by atoms with Gasteiger partial charge in [-0.05, 0) is 19.8 Å². The van der Waals surface area contributed by atoms with Gasteiger partial charge in [0.05, 0.1) is 12.2 Å². The van der Waals surface area contributed by atoms with Crippen molar-refractivity contribution in [3.63, 3.8) is 0 Å². The minimum absolute atomic E-state index is 0.622. The van der Waals surface area contributed by atoms with E-state index in [4.69, 9.17) is 0 Å². The predicted molar refractivity (Wildman–Crippen MR) is 65.9 cm³/mol. The lowest BCUT2D eigenvalue weighted by Gasteiger charge is -2.08. The normalized spacial score (nSPS) is 15.2. The lowest BCUT2D eigenvalue weighted by Crippen LogP contribution is -2.11. The number of hydrogen-bond donors (Lipinski definition) is 1. The Labute approximate surface area is 100 Å². The third-order valence-electron chi connectivity index (χ3n) is 3.04. The number of anilines is 1. The van der Waals surface area contributed by atoms with Crippen LogP contribution >= 0.6 is 0 Å². The number of imidazole rings is 2. The molecule has 5 heteroatoms. The van der Waals surface area contributed by atoms with Crippen molar-refractivity contribution in [1.29, 1.82) is 0 Å². The monoisotopic (exact) mass is 231 g/mol. The molecule has 0 amide bonds. The van der Waals surface area contributed by atoms with E-state index in [0.29, 0.717) is 6.04 Å². The average molecular weight is 231 g/mol. The highest BCUT2D eigenvalue weighted by Crippen LogP contribution is 2.24. The van der Waals surface area contributed by atoms with Gasteiger partial charge in [0.15, 0.2) is 0 Å². The summed E-state index contributed by atoms with van der Waals surface area (Å²) in [6, 6.07) is 0.622. The summed E-state index contributed by atoms with van der Waals surface area (Å²) >= 11 is 0. The van der Waals surface area contributed by atoms with Crippen LogP contribution in [-0.4, -0.2) is 25.1 Å². The molecule has 1 aliphatic carbocycles. The molecule has 90 valence electrons. The number of rotatable bonds is 4. The molecule has 1 N–H and O–H groups in total. The highest BCUT2D eigenvalue weighted by molar-refractivity contribution is 5.32. The topological polar surface area (TPSA) is 47.7 Å². The van der Waals surface area contributed by atoms with Crippen LogP contribution in [0.2, 0.25) is 0 Å². The van der Waals surface area contributed by atoms with Crippen LogP contribution < -0.4 is 5.32 Å². The molecule has 5 nitrogen and oxygen atoms in total. The molecule has 3 rings (SSSR count). The predicted octanol–water partition coefficient (Wildman–Crippen LogP) is 1.55. The van der Waals surface area contributed by atoms with E-state index in [0.717, 1.165) is 24.0 Å². The average Bonchev–Trinajstić information content (AvgIpc) is 2.91. The van der Waals surface area contributed by atoms with E-state index in [2.05, 4.69) is 26.0 Å². The quantitative estimate of drug-likeness (QED) is 0.868. The van der Waals surface area contributed by atoms with E-state index in [9.17, 15) is 0 Å². The summed E-state index contributed by atoms with van der Waals surface area (Å²) in [5.41, 5.74) is 1.04. The summed E-state index contributed by atoms with van der Waals surface area (Å²) in [4.78, 5) is 8.86. The van der Waals surface area contributed by atoms with Crippen LogP contribution in [0.4, 0.5) is 5.95 Å². The molecule has 2 aromatic rings. The van der Waals surface area contributed by atoms with E-state index in [1.165, 1.54) is 12.8 Å². The van der Waals surface area contributed by atoms with Gasteiger partial charge in [0.1, 0.15) is 5.82 Å². The van der Waals surface area contributed by atoms with Gasteiger partial charge in [-0.1, -0.05) is 0 Å². The van der Waals surface area contributed by atoms with Crippen molar-refractivity contribution in [3.8, 4) is 0 Å². The number of nitrogens with zero attached hydrogens (tertiary/aromatic N) is 4. The van der Waals surface area contributed by atoms with Crippen molar-refractivity contribution in [2.75, 3.05) is 5.32 Å². The van der Waals surface area contributed by atoms with E-state index in [1.807, 2.05) is 30.9 Å². The standard InChI is InChI=1S/C12H17N5/c1-9-7-17(8-11-13-5-6-16(11)2)12(14-9)15-10-3-4-10/h5-7,10H,3-4,8H2,1-2H3,(H,14,15). The smallest absolute Gasteiger partial charge is 0.203 e. The van der Waals surface area contributed by atoms with E-state index in [-0.39, 0.29) is 0 Å². The molecule has 1 fully saturated rings. The fraction of sp³-hybridized carbons (Fsp3) is 0.500. The van der Waals surface area contributed by atoms with E-state index < -0.39 is 0 Å². The van der Waals surface area contributed by atoms with Crippen molar-refractivity contribution in [2.45, 2.75) is 32.4 Å². The van der Waals surface area contributed by atoms with Crippen LogP contribution in [0.1, 0.15) is 24.4 Å². The molecule has 0 aliphatic heterocycles. The van der Waals surface area contributed by atoms with Gasteiger partial charge >= 0.3 is 0 Å². The Bertz CT molecular complexity index is 521. The Kier molecular flexibility index (Phi) is 2.39. The molecule has 0 bridgehead atoms.